The summed E-state index contributed by atoms with van der Waals surface area (Å²) in [6.45, 7) is 3.58. The number of rotatable bonds is 8. The first-order chi connectivity index (χ1) is 11.3. The molecule has 0 aromatic heterocycles. The van der Waals surface area contributed by atoms with Gasteiger partial charge in [-0.25, -0.2) is 4.79 Å². The average molecular weight is 318 g/mol. The summed E-state index contributed by atoms with van der Waals surface area (Å²) in [6.07, 6.45) is 3.23. The van der Waals surface area contributed by atoms with Gasteiger partial charge in [-0.2, -0.15) is 0 Å². The Balaban J connectivity index is 1.21. The zero-order valence-corrected chi connectivity index (χ0v) is 13.5. The van der Waals surface area contributed by atoms with Gasteiger partial charge in [0.25, 0.3) is 0 Å². The number of ether oxygens (including phenoxy) is 2. The van der Waals surface area contributed by atoms with Crippen molar-refractivity contribution in [2.75, 3.05) is 32.9 Å². The van der Waals surface area contributed by atoms with E-state index in [1.165, 1.54) is 12.0 Å². The first-order valence-electron chi connectivity index (χ1n) is 8.59. The molecule has 1 aromatic carbocycles. The molecule has 0 bridgehead atoms. The number of hydrogen-bond donors (Lipinski definition) is 2. The van der Waals surface area contributed by atoms with Gasteiger partial charge in [0.1, 0.15) is 0 Å². The Morgan fingerprint density at radius 2 is 2.13 bits per heavy atom. The molecule has 0 unspecified atom stereocenters. The van der Waals surface area contributed by atoms with E-state index in [-0.39, 0.29) is 12.1 Å². The van der Waals surface area contributed by atoms with Crippen LogP contribution in [-0.2, 0) is 9.47 Å². The largest absolute Gasteiger partial charge is 0.379 e. The average Bonchev–Trinajstić information content (AvgIpc) is 3.18. The number of hydrogen-bond acceptors (Lipinski definition) is 3. The van der Waals surface area contributed by atoms with Gasteiger partial charge < -0.3 is 20.1 Å². The van der Waals surface area contributed by atoms with Crippen molar-refractivity contribution in [3.8, 4) is 0 Å². The third-order valence-corrected chi connectivity index (χ3v) is 4.52. The summed E-state index contributed by atoms with van der Waals surface area (Å²) in [5.74, 6) is 1.19. The first-order valence-corrected chi connectivity index (χ1v) is 8.59. The molecule has 2 N–H and O–H groups in total. The van der Waals surface area contributed by atoms with Crippen LogP contribution in [0.4, 0.5) is 4.79 Å². The van der Waals surface area contributed by atoms with E-state index in [0.29, 0.717) is 31.6 Å². The van der Waals surface area contributed by atoms with Crippen LogP contribution in [0.3, 0.4) is 0 Å². The Kier molecular flexibility index (Phi) is 5.88. The molecular weight excluding hydrogens is 292 g/mol. The second-order valence-corrected chi connectivity index (χ2v) is 6.36. The molecule has 1 saturated heterocycles. The fraction of sp³-hybridized carbons (Fsp3) is 0.611. The van der Waals surface area contributed by atoms with E-state index >= 15 is 0 Å². The van der Waals surface area contributed by atoms with Crippen molar-refractivity contribution in [1.82, 2.24) is 10.6 Å². The normalized spacial score (nSPS) is 26.0. The summed E-state index contributed by atoms with van der Waals surface area (Å²) in [5.41, 5.74) is 1.38. The number of carbonyl (C=O) groups is 1. The Morgan fingerprint density at radius 3 is 2.91 bits per heavy atom. The second kappa shape index (κ2) is 8.31. The lowest BCUT2D eigenvalue weighted by Gasteiger charge is -2.10. The predicted molar refractivity (Wildman–Crippen MR) is 88.5 cm³/mol. The molecular formula is C18H26N2O3. The van der Waals surface area contributed by atoms with Gasteiger partial charge in [-0.15, -0.1) is 0 Å². The maximum atomic E-state index is 11.8. The highest BCUT2D eigenvalue weighted by Gasteiger charge is 2.37. The Bertz CT molecular complexity index is 488. The van der Waals surface area contributed by atoms with Crippen LogP contribution in [0.5, 0.6) is 0 Å². The maximum absolute atomic E-state index is 11.8. The van der Waals surface area contributed by atoms with Gasteiger partial charge in [0.2, 0.25) is 0 Å². The monoisotopic (exact) mass is 318 g/mol. The van der Waals surface area contributed by atoms with Crippen LogP contribution in [-0.4, -0.2) is 45.0 Å². The van der Waals surface area contributed by atoms with Gasteiger partial charge in [0, 0.05) is 26.3 Å². The SMILES string of the molecule is O=C(NCCCO[C@@H]1CCOC1)NC[C@H]1C[C@H]1c1ccccc1. The molecule has 1 heterocycles. The molecule has 23 heavy (non-hydrogen) atoms. The van der Waals surface area contributed by atoms with Crippen LogP contribution < -0.4 is 10.6 Å². The Morgan fingerprint density at radius 1 is 1.26 bits per heavy atom. The highest BCUT2D eigenvalue weighted by Crippen LogP contribution is 2.46. The molecule has 2 fully saturated rings. The van der Waals surface area contributed by atoms with Gasteiger partial charge in [-0.3, -0.25) is 0 Å². The standard InChI is InChI=1S/C18H26N2O3/c21-18(19-8-4-9-23-16-7-10-22-13-16)20-12-15-11-17(15)14-5-2-1-3-6-14/h1-3,5-6,15-17H,4,7-13H2,(H2,19,20,21)/t15-,16-,17+/m1/s1. The molecule has 0 spiro atoms. The molecule has 1 aliphatic heterocycles. The molecule has 0 radical (unpaired) electrons. The van der Waals surface area contributed by atoms with Crippen molar-refractivity contribution >= 4 is 6.03 Å². The minimum atomic E-state index is -0.0760. The van der Waals surface area contributed by atoms with E-state index in [0.717, 1.165) is 26.0 Å². The highest BCUT2D eigenvalue weighted by atomic mass is 16.5. The minimum Gasteiger partial charge on any atom is -0.379 e. The van der Waals surface area contributed by atoms with Crippen molar-refractivity contribution in [1.29, 1.82) is 0 Å². The van der Waals surface area contributed by atoms with Gasteiger partial charge in [-0.05, 0) is 36.7 Å². The van der Waals surface area contributed by atoms with Crippen LogP contribution in [0.25, 0.3) is 0 Å². The zero-order chi connectivity index (χ0) is 15.9. The minimum absolute atomic E-state index is 0.0760. The van der Waals surface area contributed by atoms with Crippen LogP contribution >= 0.6 is 0 Å². The van der Waals surface area contributed by atoms with Gasteiger partial charge in [0.05, 0.1) is 12.7 Å². The van der Waals surface area contributed by atoms with E-state index in [2.05, 4.69) is 34.9 Å². The lowest BCUT2D eigenvalue weighted by molar-refractivity contribution is 0.0418. The molecule has 5 heteroatoms. The van der Waals surface area contributed by atoms with Gasteiger partial charge in [0.15, 0.2) is 0 Å². The molecule has 2 amide bonds. The first kappa shape index (κ1) is 16.3. The molecule has 126 valence electrons. The number of nitrogens with one attached hydrogen (secondary N) is 2. The molecule has 1 aliphatic carbocycles. The Labute approximate surface area is 137 Å². The molecule has 1 aromatic rings. The van der Waals surface area contributed by atoms with Crippen LogP contribution in [0.1, 0.15) is 30.7 Å². The lowest BCUT2D eigenvalue weighted by atomic mass is 10.1. The maximum Gasteiger partial charge on any atom is 0.314 e. The highest BCUT2D eigenvalue weighted by molar-refractivity contribution is 5.73. The van der Waals surface area contributed by atoms with Crippen molar-refractivity contribution in [3.63, 3.8) is 0 Å². The number of urea groups is 1. The summed E-state index contributed by atoms with van der Waals surface area (Å²) >= 11 is 0. The molecule has 3 atom stereocenters. The Hall–Kier alpha value is -1.59. The van der Waals surface area contributed by atoms with Crippen molar-refractivity contribution < 1.29 is 14.3 Å². The fourth-order valence-corrected chi connectivity index (χ4v) is 3.04. The molecule has 3 rings (SSSR count). The second-order valence-electron chi connectivity index (χ2n) is 6.36. The van der Waals surface area contributed by atoms with Crippen LogP contribution in [0, 0.1) is 5.92 Å². The van der Waals surface area contributed by atoms with E-state index in [1.54, 1.807) is 0 Å². The van der Waals surface area contributed by atoms with Crippen molar-refractivity contribution in [3.05, 3.63) is 35.9 Å². The molecule has 5 nitrogen and oxygen atoms in total. The van der Waals surface area contributed by atoms with E-state index < -0.39 is 0 Å². The summed E-state index contributed by atoms with van der Waals surface area (Å²) in [4.78, 5) is 11.8. The molecule has 1 saturated carbocycles. The topological polar surface area (TPSA) is 59.6 Å². The van der Waals surface area contributed by atoms with E-state index in [9.17, 15) is 4.79 Å². The fourth-order valence-electron chi connectivity index (χ4n) is 3.04. The van der Waals surface area contributed by atoms with Crippen molar-refractivity contribution in [2.45, 2.75) is 31.3 Å². The zero-order valence-electron chi connectivity index (χ0n) is 13.5. The third kappa shape index (κ3) is 5.22. The molecule has 2 aliphatic rings. The summed E-state index contributed by atoms with van der Waals surface area (Å²) in [6, 6.07) is 10.4. The smallest absolute Gasteiger partial charge is 0.314 e. The van der Waals surface area contributed by atoms with Crippen LogP contribution in [0.15, 0.2) is 30.3 Å². The van der Waals surface area contributed by atoms with Crippen LogP contribution in [0.2, 0.25) is 0 Å². The van der Waals surface area contributed by atoms with Gasteiger partial charge >= 0.3 is 6.03 Å². The number of benzene rings is 1. The third-order valence-electron chi connectivity index (χ3n) is 4.52. The number of amides is 2. The summed E-state index contributed by atoms with van der Waals surface area (Å²) in [7, 11) is 0. The number of carbonyl (C=O) groups excluding carboxylic acids is 1. The quantitative estimate of drug-likeness (QED) is 0.723. The predicted octanol–water partition coefficient (Wildman–Crippen LogP) is 2.28. The summed E-state index contributed by atoms with van der Waals surface area (Å²) in [5, 5.41) is 5.85. The van der Waals surface area contributed by atoms with Gasteiger partial charge in [-0.1, -0.05) is 30.3 Å². The van der Waals surface area contributed by atoms with Crippen molar-refractivity contribution in [2.24, 2.45) is 5.92 Å². The lowest BCUT2D eigenvalue weighted by Crippen LogP contribution is -2.37. The van der Waals surface area contributed by atoms with E-state index in [4.69, 9.17) is 9.47 Å². The summed E-state index contributed by atoms with van der Waals surface area (Å²) < 4.78 is 10.9. The van der Waals surface area contributed by atoms with E-state index in [1.807, 2.05) is 6.07 Å².